The van der Waals surface area contributed by atoms with Crippen molar-refractivity contribution in [2.75, 3.05) is 6.54 Å². The Morgan fingerprint density at radius 3 is 2.55 bits per heavy atom. The van der Waals surface area contributed by atoms with Gasteiger partial charge >= 0.3 is 0 Å². The predicted octanol–water partition coefficient (Wildman–Crippen LogP) is 3.91. The molecule has 2 aromatic carbocycles. The summed E-state index contributed by atoms with van der Waals surface area (Å²) < 4.78 is 14.5. The van der Waals surface area contributed by atoms with Crippen molar-refractivity contribution in [3.63, 3.8) is 0 Å². The minimum atomic E-state index is -0.347. The molecule has 2 aromatic heterocycles. The molecule has 0 aliphatic carbocycles. The highest BCUT2D eigenvalue weighted by Crippen LogP contribution is 2.27. The number of amides is 1. The van der Waals surface area contributed by atoms with Crippen LogP contribution in [0.2, 0.25) is 0 Å². The molecule has 1 N–H and O–H groups in total. The molecule has 0 bridgehead atoms. The molecule has 1 amide bonds. The van der Waals surface area contributed by atoms with Gasteiger partial charge in [-0.05, 0) is 31.2 Å². The largest absolute Gasteiger partial charge is 0.349 e. The van der Waals surface area contributed by atoms with E-state index in [9.17, 15) is 14.0 Å². The fraction of sp³-hybridized carbons (Fsp3) is 0.130. The lowest BCUT2D eigenvalue weighted by Crippen LogP contribution is -2.30. The molecular weight excluding hydrogens is 415 g/mol. The highest BCUT2D eigenvalue weighted by molar-refractivity contribution is 7.17. The van der Waals surface area contributed by atoms with Crippen molar-refractivity contribution in [2.24, 2.45) is 0 Å². The van der Waals surface area contributed by atoms with Crippen LogP contribution < -0.4 is 10.9 Å². The van der Waals surface area contributed by atoms with E-state index in [2.05, 4.69) is 15.3 Å². The fourth-order valence-electron chi connectivity index (χ4n) is 3.05. The van der Waals surface area contributed by atoms with Crippen molar-refractivity contribution >= 4 is 17.2 Å². The number of aromatic nitrogens is 3. The Kier molecular flexibility index (Phi) is 5.99. The molecule has 156 valence electrons. The number of benzene rings is 2. The second-order valence-electron chi connectivity index (χ2n) is 6.87. The zero-order valence-corrected chi connectivity index (χ0v) is 17.5. The van der Waals surface area contributed by atoms with Gasteiger partial charge in [0, 0.05) is 30.3 Å². The van der Waals surface area contributed by atoms with Crippen LogP contribution in [0.15, 0.2) is 71.8 Å². The number of rotatable bonds is 6. The molecule has 0 aliphatic rings. The third-order valence-electron chi connectivity index (χ3n) is 4.68. The van der Waals surface area contributed by atoms with Gasteiger partial charge in [-0.15, -0.1) is 11.3 Å². The first kappa shape index (κ1) is 20.6. The number of nitrogens with zero attached hydrogens (tertiary/aromatic N) is 3. The summed E-state index contributed by atoms with van der Waals surface area (Å²) in [6.07, 6.45) is 1.43. The molecule has 0 unspecified atom stereocenters. The van der Waals surface area contributed by atoms with Crippen LogP contribution >= 0.6 is 11.3 Å². The molecule has 4 aromatic rings. The molecule has 0 atom stereocenters. The van der Waals surface area contributed by atoms with Crippen LogP contribution in [-0.2, 0) is 6.54 Å². The number of aryl methyl sites for hydroxylation is 1. The van der Waals surface area contributed by atoms with Crippen LogP contribution in [0.3, 0.4) is 0 Å². The van der Waals surface area contributed by atoms with E-state index in [4.69, 9.17) is 0 Å². The highest BCUT2D eigenvalue weighted by atomic mass is 32.1. The quantitative estimate of drug-likeness (QED) is 0.499. The summed E-state index contributed by atoms with van der Waals surface area (Å²) in [6.45, 7) is 2.36. The van der Waals surface area contributed by atoms with E-state index in [0.29, 0.717) is 21.8 Å². The van der Waals surface area contributed by atoms with Gasteiger partial charge in [0.2, 0.25) is 0 Å². The predicted molar refractivity (Wildman–Crippen MR) is 119 cm³/mol. The van der Waals surface area contributed by atoms with Gasteiger partial charge in [-0.3, -0.25) is 14.2 Å². The third-order valence-corrected chi connectivity index (χ3v) is 5.89. The summed E-state index contributed by atoms with van der Waals surface area (Å²) in [5.74, 6) is -0.568. The Bertz CT molecular complexity index is 1270. The monoisotopic (exact) mass is 434 g/mol. The third kappa shape index (κ3) is 4.75. The maximum Gasteiger partial charge on any atom is 0.263 e. The van der Waals surface area contributed by atoms with Gasteiger partial charge in [0.1, 0.15) is 15.7 Å². The van der Waals surface area contributed by atoms with Gasteiger partial charge in [-0.1, -0.05) is 30.3 Å². The topological polar surface area (TPSA) is 76.9 Å². The molecule has 0 spiro atoms. The van der Waals surface area contributed by atoms with Crippen LogP contribution in [-0.4, -0.2) is 27.0 Å². The number of halogens is 1. The second-order valence-corrected chi connectivity index (χ2v) is 7.87. The van der Waals surface area contributed by atoms with E-state index in [0.717, 1.165) is 10.6 Å². The average Bonchev–Trinajstić information content (AvgIpc) is 3.18. The zero-order valence-electron chi connectivity index (χ0n) is 16.7. The maximum absolute atomic E-state index is 13.1. The van der Waals surface area contributed by atoms with Crippen molar-refractivity contribution in [3.8, 4) is 21.8 Å². The molecule has 2 heterocycles. The summed E-state index contributed by atoms with van der Waals surface area (Å²) in [6, 6.07) is 16.9. The van der Waals surface area contributed by atoms with Crippen molar-refractivity contribution < 1.29 is 9.18 Å². The summed E-state index contributed by atoms with van der Waals surface area (Å²) >= 11 is 1.34. The van der Waals surface area contributed by atoms with Gasteiger partial charge in [0.05, 0.1) is 17.7 Å². The van der Waals surface area contributed by atoms with E-state index in [1.54, 1.807) is 19.1 Å². The van der Waals surface area contributed by atoms with Crippen molar-refractivity contribution in [1.29, 1.82) is 0 Å². The molecule has 0 fully saturated rings. The van der Waals surface area contributed by atoms with Gasteiger partial charge in [0.25, 0.3) is 11.5 Å². The Hall–Kier alpha value is -3.65. The van der Waals surface area contributed by atoms with E-state index in [-0.39, 0.29) is 30.4 Å². The molecule has 0 aliphatic heterocycles. The number of thiazole rings is 1. The van der Waals surface area contributed by atoms with Crippen molar-refractivity contribution in [2.45, 2.75) is 13.5 Å². The van der Waals surface area contributed by atoms with Crippen LogP contribution in [0.1, 0.15) is 15.4 Å². The normalized spacial score (nSPS) is 10.8. The lowest BCUT2D eigenvalue weighted by atomic mass is 10.1. The summed E-state index contributed by atoms with van der Waals surface area (Å²) in [7, 11) is 0. The van der Waals surface area contributed by atoms with Gasteiger partial charge in [0.15, 0.2) is 0 Å². The summed E-state index contributed by atoms with van der Waals surface area (Å²) in [5.41, 5.74) is 2.52. The van der Waals surface area contributed by atoms with E-state index < -0.39 is 0 Å². The Labute approximate surface area is 182 Å². The molecule has 0 saturated carbocycles. The fourth-order valence-corrected chi connectivity index (χ4v) is 4.04. The van der Waals surface area contributed by atoms with Crippen LogP contribution in [0.25, 0.3) is 21.8 Å². The smallest absolute Gasteiger partial charge is 0.263 e. The number of hydrogen-bond acceptors (Lipinski definition) is 5. The van der Waals surface area contributed by atoms with Crippen molar-refractivity contribution in [1.82, 2.24) is 19.9 Å². The molecule has 6 nitrogen and oxygen atoms in total. The van der Waals surface area contributed by atoms with Crippen molar-refractivity contribution in [3.05, 3.63) is 93.7 Å². The highest BCUT2D eigenvalue weighted by Gasteiger charge is 2.16. The van der Waals surface area contributed by atoms with Gasteiger partial charge in [-0.25, -0.2) is 14.4 Å². The minimum absolute atomic E-state index is 0.221. The maximum atomic E-state index is 13.1. The van der Waals surface area contributed by atoms with Crippen LogP contribution in [0.4, 0.5) is 4.39 Å². The number of nitrogens with one attached hydrogen (secondary N) is 1. The molecule has 4 rings (SSSR count). The van der Waals surface area contributed by atoms with Gasteiger partial charge in [-0.2, -0.15) is 0 Å². The lowest BCUT2D eigenvalue weighted by Gasteiger charge is -2.08. The van der Waals surface area contributed by atoms with Crippen LogP contribution in [0.5, 0.6) is 0 Å². The second kappa shape index (κ2) is 9.01. The van der Waals surface area contributed by atoms with Gasteiger partial charge < -0.3 is 5.32 Å². The number of carbonyl (C=O) groups excluding carboxylic acids is 1. The van der Waals surface area contributed by atoms with Crippen LogP contribution in [0, 0.1) is 12.7 Å². The zero-order chi connectivity index (χ0) is 21.8. The average molecular weight is 434 g/mol. The number of carbonyl (C=O) groups is 1. The molecular formula is C23H19FN4O2S. The Balaban J connectivity index is 1.39. The minimum Gasteiger partial charge on any atom is -0.349 e. The Morgan fingerprint density at radius 1 is 1.10 bits per heavy atom. The molecule has 31 heavy (non-hydrogen) atoms. The van der Waals surface area contributed by atoms with E-state index in [1.807, 2.05) is 30.3 Å². The molecule has 8 heteroatoms. The number of hydrogen-bond donors (Lipinski definition) is 1. The Morgan fingerprint density at radius 2 is 1.84 bits per heavy atom. The first-order chi connectivity index (χ1) is 15.0. The molecule has 0 radical (unpaired) electrons. The van der Waals surface area contributed by atoms with E-state index >= 15 is 0 Å². The molecule has 0 saturated heterocycles. The first-order valence-electron chi connectivity index (χ1n) is 9.65. The van der Waals surface area contributed by atoms with E-state index in [1.165, 1.54) is 40.4 Å². The summed E-state index contributed by atoms with van der Waals surface area (Å²) in [4.78, 5) is 34.3. The first-order valence-corrected chi connectivity index (χ1v) is 10.5. The lowest BCUT2D eigenvalue weighted by molar-refractivity contribution is 0.0955. The standard InChI is InChI=1S/C23H19FN4O2S/c1-15-21(31-23(27-15)17-5-3-2-4-6-17)22(30)25-11-12-28-14-26-19(13-20(28)29)16-7-9-18(24)10-8-16/h2-10,13-14H,11-12H2,1H3,(H,25,30). The summed E-state index contributed by atoms with van der Waals surface area (Å²) in [5, 5.41) is 3.63. The SMILES string of the molecule is Cc1nc(-c2ccccc2)sc1C(=O)NCCn1cnc(-c2ccc(F)cc2)cc1=O.